The van der Waals surface area contributed by atoms with Crippen molar-refractivity contribution in [1.82, 2.24) is 9.62 Å². The molecule has 0 aromatic heterocycles. The van der Waals surface area contributed by atoms with E-state index in [0.717, 1.165) is 21.9 Å². The fourth-order valence-electron chi connectivity index (χ4n) is 3.65. The Morgan fingerprint density at radius 3 is 2.09 bits per heavy atom. The molecule has 3 aromatic carbocycles. The maximum atomic E-state index is 13.5. The van der Waals surface area contributed by atoms with E-state index in [2.05, 4.69) is 17.6 Å². The van der Waals surface area contributed by atoms with E-state index in [0.29, 0.717) is 5.69 Å². The first-order chi connectivity index (χ1) is 16.7. The van der Waals surface area contributed by atoms with Crippen LogP contribution in [0.4, 0.5) is 5.69 Å². The van der Waals surface area contributed by atoms with Crippen LogP contribution in [0.25, 0.3) is 0 Å². The Kier molecular flexibility index (Phi) is 8.78. The van der Waals surface area contributed by atoms with E-state index in [1.807, 2.05) is 61.5 Å². The molecule has 0 aliphatic carbocycles. The predicted molar refractivity (Wildman–Crippen MR) is 137 cm³/mol. The molecule has 3 rings (SSSR count). The van der Waals surface area contributed by atoms with E-state index in [4.69, 9.17) is 0 Å². The minimum atomic E-state index is -3.99. The second-order valence-corrected chi connectivity index (χ2v) is 10.3. The van der Waals surface area contributed by atoms with Gasteiger partial charge < -0.3 is 10.6 Å². The highest BCUT2D eigenvalue weighted by molar-refractivity contribution is 7.89. The van der Waals surface area contributed by atoms with Crippen molar-refractivity contribution in [3.8, 4) is 0 Å². The molecule has 1 unspecified atom stereocenters. The van der Waals surface area contributed by atoms with Gasteiger partial charge in [0, 0.05) is 19.2 Å². The van der Waals surface area contributed by atoms with Crippen molar-refractivity contribution in [2.45, 2.75) is 44.7 Å². The van der Waals surface area contributed by atoms with E-state index in [1.165, 1.54) is 36.8 Å². The fraction of sp³-hybridized carbons (Fsp3) is 0.259. The second-order valence-electron chi connectivity index (χ2n) is 8.35. The molecule has 0 bridgehead atoms. The summed E-state index contributed by atoms with van der Waals surface area (Å²) in [5.74, 6) is -0.645. The van der Waals surface area contributed by atoms with Crippen LogP contribution in [0.2, 0.25) is 0 Å². The van der Waals surface area contributed by atoms with E-state index in [-0.39, 0.29) is 29.9 Å². The SMILES string of the molecule is CCc1ccc(C(C)NC(=O)CN(Cc2ccccc2)S(=O)(=O)c2ccc(NC(C)=O)cc2)cc1. The van der Waals surface area contributed by atoms with Gasteiger partial charge in [-0.1, -0.05) is 61.5 Å². The molecule has 3 aromatic rings. The molecule has 35 heavy (non-hydrogen) atoms. The van der Waals surface area contributed by atoms with E-state index >= 15 is 0 Å². The number of anilines is 1. The predicted octanol–water partition coefficient (Wildman–Crippen LogP) is 4.28. The van der Waals surface area contributed by atoms with Crippen LogP contribution in [0.1, 0.15) is 43.5 Å². The van der Waals surface area contributed by atoms with Gasteiger partial charge in [-0.05, 0) is 54.3 Å². The lowest BCUT2D eigenvalue weighted by molar-refractivity contribution is -0.122. The van der Waals surface area contributed by atoms with Crippen molar-refractivity contribution in [3.63, 3.8) is 0 Å². The third-order valence-corrected chi connectivity index (χ3v) is 7.41. The maximum absolute atomic E-state index is 13.5. The zero-order valence-electron chi connectivity index (χ0n) is 20.2. The molecule has 0 aliphatic rings. The largest absolute Gasteiger partial charge is 0.348 e. The van der Waals surface area contributed by atoms with Gasteiger partial charge in [0.15, 0.2) is 0 Å². The molecular formula is C27H31N3O4S. The number of carbonyl (C=O) groups excluding carboxylic acids is 2. The number of aryl methyl sites for hydroxylation is 1. The summed E-state index contributed by atoms with van der Waals surface area (Å²) in [5, 5.41) is 5.53. The third-order valence-electron chi connectivity index (χ3n) is 5.60. The minimum absolute atomic E-state index is 0.0403. The van der Waals surface area contributed by atoms with Crippen LogP contribution in [0.5, 0.6) is 0 Å². The highest BCUT2D eigenvalue weighted by Crippen LogP contribution is 2.21. The van der Waals surface area contributed by atoms with Crippen LogP contribution in [-0.4, -0.2) is 31.1 Å². The average Bonchev–Trinajstić information content (AvgIpc) is 2.84. The monoisotopic (exact) mass is 493 g/mol. The van der Waals surface area contributed by atoms with E-state index in [1.54, 1.807) is 0 Å². The summed E-state index contributed by atoms with van der Waals surface area (Å²) < 4.78 is 28.1. The Balaban J connectivity index is 1.80. The number of amides is 2. The van der Waals surface area contributed by atoms with E-state index < -0.39 is 15.9 Å². The molecule has 8 heteroatoms. The van der Waals surface area contributed by atoms with Gasteiger partial charge in [0.1, 0.15) is 0 Å². The lowest BCUT2D eigenvalue weighted by Gasteiger charge is -2.23. The summed E-state index contributed by atoms with van der Waals surface area (Å²) >= 11 is 0. The molecule has 0 saturated heterocycles. The van der Waals surface area contributed by atoms with Gasteiger partial charge in [-0.3, -0.25) is 9.59 Å². The number of nitrogens with one attached hydrogen (secondary N) is 2. The smallest absolute Gasteiger partial charge is 0.243 e. The van der Waals surface area contributed by atoms with Crippen molar-refractivity contribution in [2.75, 3.05) is 11.9 Å². The number of sulfonamides is 1. The van der Waals surface area contributed by atoms with Crippen LogP contribution in [-0.2, 0) is 32.6 Å². The van der Waals surface area contributed by atoms with Crippen LogP contribution < -0.4 is 10.6 Å². The van der Waals surface area contributed by atoms with Crippen molar-refractivity contribution in [2.24, 2.45) is 0 Å². The first-order valence-corrected chi connectivity index (χ1v) is 12.9. The summed E-state index contributed by atoms with van der Waals surface area (Å²) in [5.41, 5.74) is 3.41. The van der Waals surface area contributed by atoms with Gasteiger partial charge in [-0.15, -0.1) is 0 Å². The lowest BCUT2D eigenvalue weighted by Crippen LogP contribution is -2.41. The van der Waals surface area contributed by atoms with Crippen molar-refractivity contribution in [3.05, 3.63) is 95.6 Å². The molecule has 0 saturated carbocycles. The maximum Gasteiger partial charge on any atom is 0.243 e. The molecule has 0 radical (unpaired) electrons. The number of nitrogens with zero attached hydrogens (tertiary/aromatic N) is 1. The average molecular weight is 494 g/mol. The topological polar surface area (TPSA) is 95.6 Å². The van der Waals surface area contributed by atoms with E-state index in [9.17, 15) is 18.0 Å². The van der Waals surface area contributed by atoms with Crippen molar-refractivity contribution >= 4 is 27.5 Å². The van der Waals surface area contributed by atoms with Crippen LogP contribution >= 0.6 is 0 Å². The Hall–Kier alpha value is -3.49. The normalized spacial score (nSPS) is 12.2. The van der Waals surface area contributed by atoms with Crippen LogP contribution in [0.15, 0.2) is 83.8 Å². The molecule has 1 atom stereocenters. The lowest BCUT2D eigenvalue weighted by atomic mass is 10.1. The fourth-order valence-corrected chi connectivity index (χ4v) is 5.03. The van der Waals surface area contributed by atoms with Crippen LogP contribution in [0.3, 0.4) is 0 Å². The van der Waals surface area contributed by atoms with Gasteiger partial charge in [0.2, 0.25) is 21.8 Å². The Morgan fingerprint density at radius 2 is 1.51 bits per heavy atom. The zero-order valence-corrected chi connectivity index (χ0v) is 21.0. The van der Waals surface area contributed by atoms with Gasteiger partial charge in [-0.25, -0.2) is 8.42 Å². The first kappa shape index (κ1) is 26.1. The highest BCUT2D eigenvalue weighted by atomic mass is 32.2. The summed E-state index contributed by atoms with van der Waals surface area (Å²) in [6.07, 6.45) is 0.930. The Labute approximate surface area is 207 Å². The summed E-state index contributed by atoms with van der Waals surface area (Å²) in [6, 6.07) is 22.7. The van der Waals surface area contributed by atoms with Gasteiger partial charge >= 0.3 is 0 Å². The molecule has 0 fully saturated rings. The molecule has 0 spiro atoms. The molecule has 184 valence electrons. The zero-order chi connectivity index (χ0) is 25.4. The molecular weight excluding hydrogens is 462 g/mol. The van der Waals surface area contributed by atoms with Gasteiger partial charge in [-0.2, -0.15) is 4.31 Å². The molecule has 0 aliphatic heterocycles. The number of hydrogen-bond acceptors (Lipinski definition) is 4. The molecule has 7 nitrogen and oxygen atoms in total. The quantitative estimate of drug-likeness (QED) is 0.441. The number of rotatable bonds is 10. The Bertz CT molecular complexity index is 1240. The van der Waals surface area contributed by atoms with Crippen molar-refractivity contribution in [1.29, 1.82) is 0 Å². The van der Waals surface area contributed by atoms with Gasteiger partial charge in [0.25, 0.3) is 0 Å². The summed E-state index contributed by atoms with van der Waals surface area (Å²) in [4.78, 5) is 24.2. The van der Waals surface area contributed by atoms with Crippen molar-refractivity contribution < 1.29 is 18.0 Å². The standard InChI is InChI=1S/C27H31N3O4S/c1-4-22-10-12-24(13-11-22)20(2)28-27(32)19-30(18-23-8-6-5-7-9-23)35(33,34)26-16-14-25(15-17-26)29-21(3)31/h5-17,20H,4,18-19H2,1-3H3,(H,28,32)(H,29,31). The number of carbonyl (C=O) groups is 2. The number of hydrogen-bond donors (Lipinski definition) is 2. The third kappa shape index (κ3) is 7.24. The Morgan fingerprint density at radius 1 is 0.886 bits per heavy atom. The number of benzene rings is 3. The second kappa shape index (κ2) is 11.8. The minimum Gasteiger partial charge on any atom is -0.348 e. The summed E-state index contributed by atoms with van der Waals surface area (Å²) in [7, 11) is -3.99. The molecule has 2 N–H and O–H groups in total. The van der Waals surface area contributed by atoms with Gasteiger partial charge in [0.05, 0.1) is 17.5 Å². The highest BCUT2D eigenvalue weighted by Gasteiger charge is 2.27. The summed E-state index contributed by atoms with van der Waals surface area (Å²) in [6.45, 7) is 5.04. The van der Waals surface area contributed by atoms with Crippen LogP contribution in [0, 0.1) is 0 Å². The molecule has 2 amide bonds. The molecule has 0 heterocycles. The first-order valence-electron chi connectivity index (χ1n) is 11.5.